The zero-order valence-electron chi connectivity index (χ0n) is 9.30. The number of anilines is 1. The van der Waals surface area contributed by atoms with Crippen molar-refractivity contribution in [3.8, 4) is 0 Å². The molecule has 0 N–H and O–H groups in total. The third kappa shape index (κ3) is 2.48. The molecule has 1 aromatic rings. The van der Waals surface area contributed by atoms with Gasteiger partial charge in [-0.1, -0.05) is 11.6 Å². The molecule has 2 rings (SSSR count). The van der Waals surface area contributed by atoms with Crippen LogP contribution in [-0.2, 0) is 4.74 Å². The van der Waals surface area contributed by atoms with Gasteiger partial charge in [-0.2, -0.15) is 0 Å². The lowest BCUT2D eigenvalue weighted by Gasteiger charge is -2.23. The molecule has 0 aliphatic carbocycles. The molecule has 0 spiro atoms. The van der Waals surface area contributed by atoms with Crippen molar-refractivity contribution < 1.29 is 9.66 Å². The summed E-state index contributed by atoms with van der Waals surface area (Å²) in [5, 5.41) is 11.2. The lowest BCUT2D eigenvalue weighted by Crippen LogP contribution is -2.33. The van der Waals surface area contributed by atoms with Crippen LogP contribution >= 0.6 is 11.6 Å². The van der Waals surface area contributed by atoms with Crippen LogP contribution in [0.1, 0.15) is 6.42 Å². The van der Waals surface area contributed by atoms with Crippen molar-refractivity contribution in [3.05, 3.63) is 27.4 Å². The number of rotatable bonds is 3. The molecule has 2 heterocycles. The largest absolute Gasteiger partial charge is 0.379 e. The Morgan fingerprint density at radius 3 is 3.00 bits per heavy atom. The number of likely N-dealkylation sites (N-methyl/N-ethyl adjacent to an activating group) is 1. The number of aromatic nitrogens is 1. The minimum absolute atomic E-state index is 0.0381. The Morgan fingerprint density at radius 2 is 2.41 bits per heavy atom. The molecule has 1 aromatic heterocycles. The van der Waals surface area contributed by atoms with E-state index in [1.807, 2.05) is 0 Å². The fourth-order valence-corrected chi connectivity index (χ4v) is 1.96. The van der Waals surface area contributed by atoms with Crippen LogP contribution in [0, 0.1) is 10.1 Å². The maximum atomic E-state index is 10.9. The second-order valence-corrected chi connectivity index (χ2v) is 4.25. The number of ether oxygens (including phenoxy) is 1. The Hall–Kier alpha value is -1.40. The summed E-state index contributed by atoms with van der Waals surface area (Å²) in [6, 6.07) is 2.90. The Kier molecular flexibility index (Phi) is 3.44. The molecule has 1 fully saturated rings. The summed E-state index contributed by atoms with van der Waals surface area (Å²) in [4.78, 5) is 16.3. The average molecular weight is 258 g/mol. The summed E-state index contributed by atoms with van der Waals surface area (Å²) >= 11 is 5.78. The van der Waals surface area contributed by atoms with Crippen molar-refractivity contribution in [2.75, 3.05) is 25.2 Å². The number of halogens is 1. The first-order chi connectivity index (χ1) is 8.09. The molecule has 1 saturated heterocycles. The van der Waals surface area contributed by atoms with Gasteiger partial charge in [-0.15, -0.1) is 0 Å². The van der Waals surface area contributed by atoms with E-state index < -0.39 is 4.92 Å². The van der Waals surface area contributed by atoms with Crippen LogP contribution in [0.4, 0.5) is 11.5 Å². The first-order valence-electron chi connectivity index (χ1n) is 5.21. The van der Waals surface area contributed by atoms with Crippen LogP contribution in [0.25, 0.3) is 0 Å². The molecule has 0 aromatic carbocycles. The molecule has 6 nitrogen and oxygen atoms in total. The summed E-state index contributed by atoms with van der Waals surface area (Å²) in [7, 11) is 1.77. The van der Waals surface area contributed by atoms with E-state index in [0.29, 0.717) is 13.2 Å². The first-order valence-corrected chi connectivity index (χ1v) is 5.59. The van der Waals surface area contributed by atoms with Gasteiger partial charge in [-0.3, -0.25) is 10.1 Å². The molecule has 7 heteroatoms. The quantitative estimate of drug-likeness (QED) is 0.470. The molecular formula is C10H12ClN3O3. The van der Waals surface area contributed by atoms with E-state index in [-0.39, 0.29) is 22.7 Å². The lowest BCUT2D eigenvalue weighted by atomic mass is 10.2. The second-order valence-electron chi connectivity index (χ2n) is 3.86. The van der Waals surface area contributed by atoms with E-state index in [9.17, 15) is 10.1 Å². The third-order valence-electron chi connectivity index (χ3n) is 2.80. The van der Waals surface area contributed by atoms with Crippen LogP contribution in [0.3, 0.4) is 0 Å². The highest BCUT2D eigenvalue weighted by atomic mass is 35.5. The smallest absolute Gasteiger partial charge is 0.311 e. The Morgan fingerprint density at radius 1 is 1.65 bits per heavy atom. The molecule has 1 atom stereocenters. The number of hydrogen-bond donors (Lipinski definition) is 0. The molecule has 0 radical (unpaired) electrons. The van der Waals surface area contributed by atoms with Gasteiger partial charge >= 0.3 is 5.69 Å². The molecule has 0 saturated carbocycles. The SMILES string of the molecule is CN(c1nc(Cl)ccc1[N+](=O)[O-])C1CCOC1. The van der Waals surface area contributed by atoms with E-state index in [1.165, 1.54) is 12.1 Å². The number of hydrogen-bond acceptors (Lipinski definition) is 5. The minimum atomic E-state index is -0.453. The van der Waals surface area contributed by atoms with Crippen LogP contribution in [0.15, 0.2) is 12.1 Å². The van der Waals surface area contributed by atoms with Gasteiger partial charge < -0.3 is 9.64 Å². The van der Waals surface area contributed by atoms with Gasteiger partial charge in [0.15, 0.2) is 0 Å². The van der Waals surface area contributed by atoms with Crippen molar-refractivity contribution in [2.24, 2.45) is 0 Å². The van der Waals surface area contributed by atoms with Crippen molar-refractivity contribution in [3.63, 3.8) is 0 Å². The number of nitro groups is 1. The van der Waals surface area contributed by atoms with Gasteiger partial charge in [0, 0.05) is 19.7 Å². The molecular weight excluding hydrogens is 246 g/mol. The predicted molar refractivity (Wildman–Crippen MR) is 63.5 cm³/mol. The summed E-state index contributed by atoms with van der Waals surface area (Å²) in [6.07, 6.45) is 0.835. The monoisotopic (exact) mass is 257 g/mol. The minimum Gasteiger partial charge on any atom is -0.379 e. The normalized spacial score (nSPS) is 19.3. The van der Waals surface area contributed by atoms with Crippen LogP contribution < -0.4 is 4.90 Å². The Bertz CT molecular complexity index is 435. The zero-order valence-corrected chi connectivity index (χ0v) is 10.1. The number of pyridine rings is 1. The fourth-order valence-electron chi connectivity index (χ4n) is 1.82. The van der Waals surface area contributed by atoms with E-state index in [1.54, 1.807) is 11.9 Å². The zero-order chi connectivity index (χ0) is 12.4. The molecule has 0 bridgehead atoms. The molecule has 1 unspecified atom stereocenters. The topological polar surface area (TPSA) is 68.5 Å². The molecule has 1 aliphatic rings. The lowest BCUT2D eigenvalue weighted by molar-refractivity contribution is -0.384. The average Bonchev–Trinajstić information content (AvgIpc) is 2.80. The molecule has 92 valence electrons. The highest BCUT2D eigenvalue weighted by Gasteiger charge is 2.27. The van der Waals surface area contributed by atoms with Gasteiger partial charge in [0.1, 0.15) is 5.15 Å². The summed E-state index contributed by atoms with van der Waals surface area (Å²) in [6.45, 7) is 1.23. The standard InChI is InChI=1S/C10H12ClN3O3/c1-13(7-4-5-17-6-7)10-8(14(15)16)2-3-9(11)12-10/h2-3,7H,4-6H2,1H3. The van der Waals surface area contributed by atoms with Gasteiger partial charge in [0.25, 0.3) is 0 Å². The third-order valence-corrected chi connectivity index (χ3v) is 3.02. The van der Waals surface area contributed by atoms with E-state index >= 15 is 0 Å². The van der Waals surface area contributed by atoms with Gasteiger partial charge in [0.2, 0.25) is 5.82 Å². The first kappa shape index (κ1) is 12.1. The molecule has 1 aliphatic heterocycles. The van der Waals surface area contributed by atoms with E-state index in [4.69, 9.17) is 16.3 Å². The van der Waals surface area contributed by atoms with Crippen molar-refractivity contribution in [2.45, 2.75) is 12.5 Å². The second kappa shape index (κ2) is 4.85. The molecule has 17 heavy (non-hydrogen) atoms. The van der Waals surface area contributed by atoms with Crippen molar-refractivity contribution in [1.82, 2.24) is 4.98 Å². The summed E-state index contributed by atoms with van der Waals surface area (Å²) < 4.78 is 5.26. The fraction of sp³-hybridized carbons (Fsp3) is 0.500. The number of nitrogens with zero attached hydrogens (tertiary/aromatic N) is 3. The summed E-state index contributed by atoms with van der Waals surface area (Å²) in [5.74, 6) is 0.290. The van der Waals surface area contributed by atoms with Crippen molar-refractivity contribution in [1.29, 1.82) is 0 Å². The maximum Gasteiger partial charge on any atom is 0.311 e. The Balaban J connectivity index is 2.34. The molecule has 0 amide bonds. The van der Waals surface area contributed by atoms with Gasteiger partial charge in [-0.05, 0) is 12.5 Å². The van der Waals surface area contributed by atoms with E-state index in [0.717, 1.165) is 6.42 Å². The van der Waals surface area contributed by atoms with Crippen LogP contribution in [0.5, 0.6) is 0 Å². The highest BCUT2D eigenvalue weighted by molar-refractivity contribution is 6.29. The van der Waals surface area contributed by atoms with Crippen LogP contribution in [-0.4, -0.2) is 36.2 Å². The Labute approximate surface area is 103 Å². The summed E-state index contributed by atoms with van der Waals surface area (Å²) in [5.41, 5.74) is -0.0381. The van der Waals surface area contributed by atoms with Crippen molar-refractivity contribution >= 4 is 23.1 Å². The predicted octanol–water partition coefficient (Wildman–Crippen LogP) is 1.87. The van der Waals surface area contributed by atoms with E-state index in [2.05, 4.69) is 4.98 Å². The highest BCUT2D eigenvalue weighted by Crippen LogP contribution is 2.29. The van der Waals surface area contributed by atoms with Gasteiger partial charge in [0.05, 0.1) is 17.6 Å². The van der Waals surface area contributed by atoms with Crippen LogP contribution in [0.2, 0.25) is 5.15 Å². The van der Waals surface area contributed by atoms with Gasteiger partial charge in [-0.25, -0.2) is 4.98 Å². The maximum absolute atomic E-state index is 10.9.